The van der Waals surface area contributed by atoms with Crippen LogP contribution in [0.15, 0.2) is 12.4 Å². The first-order valence-corrected chi connectivity index (χ1v) is 10.9. The van der Waals surface area contributed by atoms with Crippen LogP contribution in [0.2, 0.25) is 0 Å². The van der Waals surface area contributed by atoms with E-state index in [1.165, 1.54) is 0 Å². The van der Waals surface area contributed by atoms with Crippen molar-refractivity contribution in [1.29, 1.82) is 0 Å². The van der Waals surface area contributed by atoms with Crippen molar-refractivity contribution in [2.75, 3.05) is 31.1 Å². The highest BCUT2D eigenvalue weighted by atomic mass is 35.5. The zero-order valence-corrected chi connectivity index (χ0v) is 19.7. The molecule has 3 aliphatic heterocycles. The third kappa shape index (κ3) is 5.44. The molecule has 3 saturated heterocycles. The van der Waals surface area contributed by atoms with Crippen molar-refractivity contribution in [2.45, 2.75) is 63.9 Å². The number of halogens is 4. The smallest absolute Gasteiger partial charge is 0.419 e. The summed E-state index contributed by atoms with van der Waals surface area (Å²) in [6.07, 6.45) is -1.03. The van der Waals surface area contributed by atoms with E-state index in [4.69, 9.17) is 4.74 Å². The summed E-state index contributed by atoms with van der Waals surface area (Å²) >= 11 is 0. The quantitative estimate of drug-likeness (QED) is 0.631. The predicted molar refractivity (Wildman–Crippen MR) is 116 cm³/mol. The molecule has 8 nitrogen and oxygen atoms in total. The van der Waals surface area contributed by atoms with Gasteiger partial charge in [-0.25, -0.2) is 14.8 Å². The van der Waals surface area contributed by atoms with E-state index in [-0.39, 0.29) is 42.3 Å². The Kier molecular flexibility index (Phi) is 7.02. The van der Waals surface area contributed by atoms with Crippen LogP contribution in [0.5, 0.6) is 0 Å². The van der Waals surface area contributed by atoms with Crippen molar-refractivity contribution in [3.05, 3.63) is 18.0 Å². The summed E-state index contributed by atoms with van der Waals surface area (Å²) in [5, 5.41) is 0. The second-order valence-corrected chi connectivity index (χ2v) is 9.72. The van der Waals surface area contributed by atoms with E-state index in [0.29, 0.717) is 32.6 Å². The number of likely N-dealkylation sites (tertiary alicyclic amines) is 1. The maximum Gasteiger partial charge on any atom is 0.419 e. The lowest BCUT2D eigenvalue weighted by molar-refractivity contribution is -0.139. The molecular formula is C21H29ClF3N5O3. The molecule has 3 atom stereocenters. The number of carbonyl (C=O) groups is 2. The minimum atomic E-state index is -4.48. The Balaban J connectivity index is 0.00000306. The molecule has 1 aromatic rings. The Morgan fingerprint density at radius 3 is 2.09 bits per heavy atom. The Morgan fingerprint density at radius 1 is 1.00 bits per heavy atom. The number of amides is 2. The number of alkyl halides is 3. The van der Waals surface area contributed by atoms with Crippen LogP contribution in [0.1, 0.15) is 45.6 Å². The van der Waals surface area contributed by atoms with Crippen LogP contribution < -0.4 is 4.90 Å². The lowest BCUT2D eigenvalue weighted by Gasteiger charge is -2.42. The number of hydrogen-bond donors (Lipinski definition) is 0. The molecule has 184 valence electrons. The van der Waals surface area contributed by atoms with Crippen LogP contribution in [0.25, 0.3) is 0 Å². The Labute approximate surface area is 196 Å². The number of piperazine rings is 1. The van der Waals surface area contributed by atoms with Crippen LogP contribution in [0, 0.1) is 5.92 Å². The third-order valence-corrected chi connectivity index (χ3v) is 6.17. The van der Waals surface area contributed by atoms with Gasteiger partial charge in [0.05, 0.1) is 11.5 Å². The largest absolute Gasteiger partial charge is 0.444 e. The monoisotopic (exact) mass is 491 g/mol. The zero-order chi connectivity index (χ0) is 23.3. The van der Waals surface area contributed by atoms with Crippen LogP contribution in [-0.2, 0) is 15.7 Å². The van der Waals surface area contributed by atoms with Crippen molar-refractivity contribution in [2.24, 2.45) is 5.92 Å². The average Bonchev–Trinajstić information content (AvgIpc) is 3.29. The Morgan fingerprint density at radius 2 is 1.58 bits per heavy atom. The molecule has 2 amide bonds. The number of ether oxygens (including phenoxy) is 1. The van der Waals surface area contributed by atoms with Gasteiger partial charge in [0.1, 0.15) is 5.60 Å². The summed E-state index contributed by atoms with van der Waals surface area (Å²) in [7, 11) is 0. The number of fused-ring (bicyclic) bond motifs is 2. The van der Waals surface area contributed by atoms with Gasteiger partial charge < -0.3 is 19.4 Å². The summed E-state index contributed by atoms with van der Waals surface area (Å²) < 4.78 is 43.7. The van der Waals surface area contributed by atoms with Gasteiger partial charge in [0, 0.05) is 50.7 Å². The lowest BCUT2D eigenvalue weighted by atomic mass is 10.0. The van der Waals surface area contributed by atoms with Crippen LogP contribution in [0.3, 0.4) is 0 Å². The molecule has 0 N–H and O–H groups in total. The van der Waals surface area contributed by atoms with Crippen molar-refractivity contribution >= 4 is 30.4 Å². The molecule has 0 radical (unpaired) electrons. The van der Waals surface area contributed by atoms with Crippen molar-refractivity contribution in [3.63, 3.8) is 0 Å². The SMILES string of the molecule is CC(C)(C)OC(=O)N1CC[C@H](C(=O)N2C3CCC2CN(c2ncc(C(F)(F)F)cn2)C3)C1.Cl. The highest BCUT2D eigenvalue weighted by Crippen LogP contribution is 2.35. The summed E-state index contributed by atoms with van der Waals surface area (Å²) in [5.41, 5.74) is -1.47. The second-order valence-electron chi connectivity index (χ2n) is 9.72. The molecular weight excluding hydrogens is 463 g/mol. The van der Waals surface area contributed by atoms with Gasteiger partial charge in [0.25, 0.3) is 0 Å². The topological polar surface area (TPSA) is 78.9 Å². The maximum absolute atomic E-state index is 13.3. The molecule has 33 heavy (non-hydrogen) atoms. The summed E-state index contributed by atoms with van der Waals surface area (Å²) in [5.74, 6) is 0.0231. The van der Waals surface area contributed by atoms with E-state index in [1.54, 1.807) is 25.7 Å². The lowest BCUT2D eigenvalue weighted by Crippen LogP contribution is -2.57. The number of nitrogens with zero attached hydrogens (tertiary/aromatic N) is 5. The van der Waals surface area contributed by atoms with Crippen LogP contribution >= 0.6 is 12.4 Å². The van der Waals surface area contributed by atoms with E-state index >= 15 is 0 Å². The minimum Gasteiger partial charge on any atom is -0.444 e. The number of aromatic nitrogens is 2. The van der Waals surface area contributed by atoms with Gasteiger partial charge in [-0.15, -0.1) is 12.4 Å². The first-order valence-electron chi connectivity index (χ1n) is 10.9. The highest BCUT2D eigenvalue weighted by molar-refractivity contribution is 5.85. The zero-order valence-electron chi connectivity index (χ0n) is 18.8. The van der Waals surface area contributed by atoms with Gasteiger partial charge in [0.2, 0.25) is 11.9 Å². The molecule has 0 aliphatic carbocycles. The van der Waals surface area contributed by atoms with Gasteiger partial charge in [-0.2, -0.15) is 13.2 Å². The molecule has 3 aliphatic rings. The summed E-state index contributed by atoms with van der Waals surface area (Å²) in [4.78, 5) is 38.8. The Hall–Kier alpha value is -2.30. The van der Waals surface area contributed by atoms with Gasteiger partial charge >= 0.3 is 12.3 Å². The summed E-state index contributed by atoms with van der Waals surface area (Å²) in [6.45, 7) is 7.21. The molecule has 0 saturated carbocycles. The van der Waals surface area contributed by atoms with E-state index in [2.05, 4.69) is 9.97 Å². The second kappa shape index (κ2) is 9.15. The molecule has 4 rings (SSSR count). The van der Waals surface area contributed by atoms with Gasteiger partial charge in [-0.05, 0) is 40.0 Å². The number of hydrogen-bond acceptors (Lipinski definition) is 6. The van der Waals surface area contributed by atoms with Gasteiger partial charge in [0.15, 0.2) is 0 Å². The van der Waals surface area contributed by atoms with E-state index < -0.39 is 23.4 Å². The van der Waals surface area contributed by atoms with Gasteiger partial charge in [-0.3, -0.25) is 4.79 Å². The fraction of sp³-hybridized carbons (Fsp3) is 0.714. The minimum absolute atomic E-state index is 0. The average molecular weight is 492 g/mol. The molecule has 2 unspecified atom stereocenters. The Bertz CT molecular complexity index is 863. The predicted octanol–water partition coefficient (Wildman–Crippen LogP) is 3.35. The standard InChI is InChI=1S/C21H28F3N5O3.ClH/c1-20(2,3)32-19(31)27-7-6-13(10-27)17(30)29-15-4-5-16(29)12-28(11-15)18-25-8-14(9-26-18)21(22,23)24;/h8-9,13,15-16H,4-7,10-12H2,1-3H3;1H/t13-,15?,16?;/m0./s1. The molecule has 4 heterocycles. The first-order chi connectivity index (χ1) is 14.9. The van der Waals surface area contributed by atoms with E-state index in [1.807, 2.05) is 9.80 Å². The molecule has 12 heteroatoms. The van der Waals surface area contributed by atoms with E-state index in [9.17, 15) is 22.8 Å². The summed E-state index contributed by atoms with van der Waals surface area (Å²) in [6, 6.07) is -0.0783. The number of anilines is 1. The van der Waals surface area contributed by atoms with Crippen molar-refractivity contribution < 1.29 is 27.5 Å². The highest BCUT2D eigenvalue weighted by Gasteiger charge is 2.46. The fourth-order valence-electron chi connectivity index (χ4n) is 4.72. The van der Waals surface area contributed by atoms with E-state index in [0.717, 1.165) is 25.2 Å². The van der Waals surface area contributed by atoms with Crippen LogP contribution in [0.4, 0.5) is 23.9 Å². The molecule has 3 fully saturated rings. The third-order valence-electron chi connectivity index (χ3n) is 6.17. The van der Waals surface area contributed by atoms with Crippen molar-refractivity contribution in [1.82, 2.24) is 19.8 Å². The molecule has 0 spiro atoms. The number of rotatable bonds is 2. The van der Waals surface area contributed by atoms with Crippen LogP contribution in [-0.4, -0.2) is 75.6 Å². The molecule has 2 bridgehead atoms. The molecule has 1 aromatic heterocycles. The van der Waals surface area contributed by atoms with Gasteiger partial charge in [-0.1, -0.05) is 0 Å². The fourth-order valence-corrected chi connectivity index (χ4v) is 4.72. The maximum atomic E-state index is 13.3. The van der Waals surface area contributed by atoms with Crippen molar-refractivity contribution in [3.8, 4) is 0 Å². The molecule has 0 aromatic carbocycles. The first kappa shape index (κ1) is 25.3. The normalized spacial score (nSPS) is 25.2. The number of carbonyl (C=O) groups excluding carboxylic acids is 2.